The van der Waals surface area contributed by atoms with Gasteiger partial charge in [-0.2, -0.15) is 0 Å². The molecule has 24 heavy (non-hydrogen) atoms. The molecule has 2 aliphatic carbocycles. The molecule has 0 radical (unpaired) electrons. The number of rotatable bonds is 1. The molecular formula is C20H20N2O2. The summed E-state index contributed by atoms with van der Waals surface area (Å²) < 4.78 is 5.41. The number of aromatic nitrogens is 1. The monoisotopic (exact) mass is 320 g/mol. The summed E-state index contributed by atoms with van der Waals surface area (Å²) in [6, 6.07) is 12.0. The van der Waals surface area contributed by atoms with Gasteiger partial charge in [0.2, 0.25) is 0 Å². The van der Waals surface area contributed by atoms with E-state index in [2.05, 4.69) is 35.2 Å². The van der Waals surface area contributed by atoms with Crippen LogP contribution in [-0.2, 0) is 4.74 Å². The van der Waals surface area contributed by atoms with E-state index in [1.165, 1.54) is 16.0 Å². The van der Waals surface area contributed by atoms with Gasteiger partial charge in [-0.3, -0.25) is 4.90 Å². The minimum atomic E-state index is -0.604. The molecule has 0 aromatic carbocycles. The van der Waals surface area contributed by atoms with Gasteiger partial charge in [0.25, 0.3) is 0 Å². The third-order valence-electron chi connectivity index (χ3n) is 4.82. The van der Waals surface area contributed by atoms with Crippen LogP contribution in [0.3, 0.4) is 0 Å². The molecule has 1 fully saturated rings. The number of cyclic esters (lactones) is 1. The fourth-order valence-corrected chi connectivity index (χ4v) is 2.60. The topological polar surface area (TPSA) is 42.4 Å². The van der Waals surface area contributed by atoms with Crippen molar-refractivity contribution in [1.82, 2.24) is 4.98 Å². The van der Waals surface area contributed by atoms with Gasteiger partial charge in [-0.25, -0.2) is 9.78 Å². The number of nitrogens with zero attached hydrogens (tertiary/aromatic N) is 2. The highest BCUT2D eigenvalue weighted by atomic mass is 16.6. The van der Waals surface area contributed by atoms with Crippen molar-refractivity contribution in [3.63, 3.8) is 0 Å². The Morgan fingerprint density at radius 1 is 1.12 bits per heavy atom. The van der Waals surface area contributed by atoms with E-state index in [4.69, 9.17) is 11.2 Å². The molecule has 122 valence electrons. The van der Waals surface area contributed by atoms with Crippen LogP contribution < -0.4 is 4.90 Å². The molecule has 1 aliphatic heterocycles. The zero-order valence-corrected chi connectivity index (χ0v) is 14.3. The van der Waals surface area contributed by atoms with Crippen LogP contribution in [0.15, 0.2) is 42.6 Å². The smallest absolute Gasteiger partial charge is 0.416 e. The quantitative estimate of drug-likeness (QED) is 0.630. The Bertz CT molecular complexity index is 829. The highest BCUT2D eigenvalue weighted by Gasteiger charge is 2.55. The van der Waals surface area contributed by atoms with Crippen molar-refractivity contribution >= 4 is 11.9 Å². The Morgan fingerprint density at radius 2 is 1.79 bits per heavy atom. The average Bonchev–Trinajstić information content (AvgIpc) is 3.07. The maximum atomic E-state index is 12.1. The largest absolute Gasteiger partial charge is 0.441 e. The summed E-state index contributed by atoms with van der Waals surface area (Å²) in [4.78, 5) is 17.8. The molecule has 3 aliphatic rings. The van der Waals surface area contributed by atoms with Crippen molar-refractivity contribution in [2.24, 2.45) is 0 Å². The molecule has 0 atom stereocenters. The van der Waals surface area contributed by atoms with E-state index < -0.39 is 17.2 Å². The number of hydrogen-bond acceptors (Lipinski definition) is 3. The summed E-state index contributed by atoms with van der Waals surface area (Å²) >= 11 is 0. The average molecular weight is 320 g/mol. The Labute approximate surface area is 142 Å². The van der Waals surface area contributed by atoms with Gasteiger partial charge in [-0.15, -0.1) is 6.42 Å². The number of hydrogen-bond donors (Lipinski definition) is 0. The zero-order chi connectivity index (χ0) is 17.5. The number of amides is 1. The molecule has 1 aromatic heterocycles. The molecule has 4 nitrogen and oxygen atoms in total. The zero-order valence-electron chi connectivity index (χ0n) is 14.3. The van der Waals surface area contributed by atoms with Crippen LogP contribution >= 0.6 is 0 Å². The summed E-state index contributed by atoms with van der Waals surface area (Å²) in [6.07, 6.45) is 6.65. The Morgan fingerprint density at radius 3 is 2.21 bits per heavy atom. The first-order valence-corrected chi connectivity index (χ1v) is 7.83. The predicted octanol–water partition coefficient (Wildman–Crippen LogP) is 4.24. The molecule has 1 saturated heterocycles. The number of carbonyl (C=O) groups excluding carboxylic acids is 1. The van der Waals surface area contributed by atoms with Gasteiger partial charge >= 0.3 is 6.09 Å². The molecule has 0 spiro atoms. The standard InChI is InChI=1S/C14H16N2O2.C6H4/c1-6-10-8-7-9-15-11(10)16-12(17)18-14(4,5)13(16,2)3;1-2-5-4-6(5)3-1/h1,7-9H,2-5H3;1-4H. The number of terminal acetylenes is 1. The molecule has 4 rings (SSSR count). The highest BCUT2D eigenvalue weighted by Crippen LogP contribution is 2.41. The lowest BCUT2D eigenvalue weighted by Gasteiger charge is -2.36. The number of benzene rings is 1. The first-order chi connectivity index (χ1) is 11.3. The van der Waals surface area contributed by atoms with Crippen LogP contribution in [-0.4, -0.2) is 22.2 Å². The molecule has 1 aromatic rings. The fraction of sp³-hybridized carbons (Fsp3) is 0.300. The third kappa shape index (κ3) is 2.52. The van der Waals surface area contributed by atoms with Crippen LogP contribution in [0.25, 0.3) is 11.1 Å². The van der Waals surface area contributed by atoms with E-state index in [-0.39, 0.29) is 0 Å². The number of anilines is 1. The number of fused-ring (bicyclic) bond motifs is 1. The summed E-state index contributed by atoms with van der Waals surface area (Å²) in [5, 5.41) is 0. The van der Waals surface area contributed by atoms with E-state index >= 15 is 0 Å². The van der Waals surface area contributed by atoms with Crippen molar-refractivity contribution in [1.29, 1.82) is 0 Å². The normalized spacial score (nSPS) is 18.1. The second kappa shape index (κ2) is 5.38. The lowest BCUT2D eigenvalue weighted by Crippen LogP contribution is -2.51. The second-order valence-corrected chi connectivity index (χ2v) is 6.87. The van der Waals surface area contributed by atoms with Gasteiger partial charge in [0.15, 0.2) is 5.82 Å². The minimum absolute atomic E-state index is 0.416. The van der Waals surface area contributed by atoms with E-state index in [1.807, 2.05) is 27.7 Å². The summed E-state index contributed by atoms with van der Waals surface area (Å²) in [5.41, 5.74) is 2.31. The molecule has 0 saturated carbocycles. The van der Waals surface area contributed by atoms with E-state index in [9.17, 15) is 4.79 Å². The maximum Gasteiger partial charge on any atom is 0.416 e. The van der Waals surface area contributed by atoms with Crippen LogP contribution in [0.1, 0.15) is 33.3 Å². The molecule has 0 N–H and O–H groups in total. The van der Waals surface area contributed by atoms with E-state index in [0.29, 0.717) is 11.4 Å². The van der Waals surface area contributed by atoms with Gasteiger partial charge in [-0.1, -0.05) is 24.1 Å². The Balaban J connectivity index is 0.000000231. The summed E-state index contributed by atoms with van der Waals surface area (Å²) in [7, 11) is 0. The van der Waals surface area contributed by atoms with E-state index in [1.54, 1.807) is 18.3 Å². The molecule has 4 heteroatoms. The Hall–Kier alpha value is -2.80. The summed E-state index contributed by atoms with van der Waals surface area (Å²) in [6.45, 7) is 7.63. The Kier molecular flexibility index (Phi) is 3.60. The number of ether oxygens (including phenoxy) is 1. The van der Waals surface area contributed by atoms with Crippen molar-refractivity contribution in [3.05, 3.63) is 48.2 Å². The first-order valence-electron chi connectivity index (χ1n) is 7.83. The van der Waals surface area contributed by atoms with E-state index in [0.717, 1.165) is 0 Å². The molecule has 0 unspecified atom stereocenters. The number of carbonyl (C=O) groups is 1. The van der Waals surface area contributed by atoms with Crippen molar-refractivity contribution in [2.75, 3.05) is 4.90 Å². The molecule has 1 amide bonds. The highest BCUT2D eigenvalue weighted by molar-refractivity contribution is 5.92. The minimum Gasteiger partial charge on any atom is -0.441 e. The van der Waals surface area contributed by atoms with Crippen LogP contribution in [0, 0.1) is 12.3 Å². The van der Waals surface area contributed by atoms with Crippen molar-refractivity contribution < 1.29 is 9.53 Å². The van der Waals surface area contributed by atoms with Crippen molar-refractivity contribution in [2.45, 2.75) is 38.8 Å². The SMILES string of the molecule is C#Cc1cccnc1N1C(=O)OC(C)(C)C1(C)C.c1cc2cc-2c1. The second-order valence-electron chi connectivity index (χ2n) is 6.87. The van der Waals surface area contributed by atoms with Gasteiger partial charge in [0, 0.05) is 6.20 Å². The molecule has 0 bridgehead atoms. The fourth-order valence-electron chi connectivity index (χ4n) is 2.60. The third-order valence-corrected chi connectivity index (χ3v) is 4.82. The van der Waals surface area contributed by atoms with Gasteiger partial charge in [0.1, 0.15) is 5.60 Å². The molecular weight excluding hydrogens is 300 g/mol. The van der Waals surface area contributed by atoms with Gasteiger partial charge in [-0.05, 0) is 57.0 Å². The maximum absolute atomic E-state index is 12.1. The first kappa shape index (κ1) is 16.1. The predicted molar refractivity (Wildman–Crippen MR) is 94.7 cm³/mol. The van der Waals surface area contributed by atoms with Gasteiger partial charge in [0.05, 0.1) is 11.1 Å². The van der Waals surface area contributed by atoms with Crippen molar-refractivity contribution in [3.8, 4) is 23.5 Å². The van der Waals surface area contributed by atoms with Gasteiger partial charge < -0.3 is 4.74 Å². The lowest BCUT2D eigenvalue weighted by atomic mass is 9.85. The number of pyridine rings is 1. The van der Waals surface area contributed by atoms with Crippen LogP contribution in [0.4, 0.5) is 10.6 Å². The molecule has 2 heterocycles. The van der Waals surface area contributed by atoms with Crippen LogP contribution in [0.2, 0.25) is 0 Å². The lowest BCUT2D eigenvalue weighted by molar-refractivity contribution is 0.0458. The summed E-state index contributed by atoms with van der Waals surface area (Å²) in [5.74, 6) is 3.02. The van der Waals surface area contributed by atoms with Crippen LogP contribution in [0.5, 0.6) is 0 Å².